The van der Waals surface area contributed by atoms with Gasteiger partial charge < -0.3 is 25.0 Å². The van der Waals surface area contributed by atoms with Gasteiger partial charge in [0.25, 0.3) is 0 Å². The number of hydrogen-bond acceptors (Lipinski definition) is 4. The third-order valence-electron chi connectivity index (χ3n) is 5.10. The van der Waals surface area contributed by atoms with E-state index < -0.39 is 6.10 Å². The SMILES string of the molecule is CCNC(=NCC(O)COCC(C)C)N1CCC(CN2CCCCC2)C1. The normalized spacial score (nSPS) is 23.7. The number of guanidine groups is 1. The third kappa shape index (κ3) is 7.80. The summed E-state index contributed by atoms with van der Waals surface area (Å²) in [5.74, 6) is 2.16. The minimum atomic E-state index is -0.533. The molecule has 2 aliphatic heterocycles. The van der Waals surface area contributed by atoms with Crippen molar-refractivity contribution >= 4 is 5.96 Å². The number of hydrogen-bond donors (Lipinski definition) is 2. The smallest absolute Gasteiger partial charge is 0.194 e. The van der Waals surface area contributed by atoms with Crippen LogP contribution in [0.3, 0.4) is 0 Å². The minimum Gasteiger partial charge on any atom is -0.389 e. The summed E-state index contributed by atoms with van der Waals surface area (Å²) in [6, 6.07) is 0. The van der Waals surface area contributed by atoms with Gasteiger partial charge in [0.2, 0.25) is 0 Å². The molecule has 2 rings (SSSR count). The van der Waals surface area contributed by atoms with Crippen LogP contribution in [0.2, 0.25) is 0 Å². The first-order valence-electron chi connectivity index (χ1n) is 10.6. The molecule has 2 atom stereocenters. The Balaban J connectivity index is 1.76. The van der Waals surface area contributed by atoms with Crippen molar-refractivity contribution in [3.63, 3.8) is 0 Å². The predicted octanol–water partition coefficient (Wildman–Crippen LogP) is 1.79. The van der Waals surface area contributed by atoms with Crippen LogP contribution in [0.15, 0.2) is 4.99 Å². The molecule has 0 radical (unpaired) electrons. The molecule has 2 fully saturated rings. The van der Waals surface area contributed by atoms with Crippen LogP contribution in [-0.2, 0) is 4.74 Å². The zero-order valence-electron chi connectivity index (χ0n) is 17.1. The van der Waals surface area contributed by atoms with Crippen molar-refractivity contribution in [1.82, 2.24) is 15.1 Å². The summed E-state index contributed by atoms with van der Waals surface area (Å²) in [6.07, 6.45) is 4.82. The van der Waals surface area contributed by atoms with Crippen LogP contribution in [0.5, 0.6) is 0 Å². The van der Waals surface area contributed by atoms with Gasteiger partial charge in [-0.3, -0.25) is 4.99 Å². The largest absolute Gasteiger partial charge is 0.389 e. The molecule has 2 N–H and O–H groups in total. The molecule has 2 aliphatic rings. The molecular weight excluding hydrogens is 328 g/mol. The van der Waals surface area contributed by atoms with Gasteiger partial charge in [-0.1, -0.05) is 20.3 Å². The molecule has 26 heavy (non-hydrogen) atoms. The van der Waals surface area contributed by atoms with Gasteiger partial charge >= 0.3 is 0 Å². The fourth-order valence-corrected chi connectivity index (χ4v) is 3.79. The number of likely N-dealkylation sites (tertiary alicyclic amines) is 2. The fourth-order valence-electron chi connectivity index (χ4n) is 3.79. The highest BCUT2D eigenvalue weighted by Crippen LogP contribution is 2.20. The average Bonchev–Trinajstić information content (AvgIpc) is 3.07. The predicted molar refractivity (Wildman–Crippen MR) is 108 cm³/mol. The highest BCUT2D eigenvalue weighted by molar-refractivity contribution is 5.80. The lowest BCUT2D eigenvalue weighted by Gasteiger charge is -2.29. The Labute approximate surface area is 160 Å². The molecule has 2 heterocycles. The number of piperidine rings is 1. The first-order chi connectivity index (χ1) is 12.6. The maximum Gasteiger partial charge on any atom is 0.194 e. The lowest BCUT2D eigenvalue weighted by molar-refractivity contribution is 0.0300. The lowest BCUT2D eigenvalue weighted by Crippen LogP contribution is -2.41. The summed E-state index contributed by atoms with van der Waals surface area (Å²) < 4.78 is 5.52. The molecule has 2 saturated heterocycles. The van der Waals surface area contributed by atoms with E-state index >= 15 is 0 Å². The second kappa shape index (κ2) is 11.8. The zero-order chi connectivity index (χ0) is 18.8. The fraction of sp³-hybridized carbons (Fsp3) is 0.950. The van der Waals surface area contributed by atoms with Crippen molar-refractivity contribution in [3.8, 4) is 0 Å². The van der Waals surface area contributed by atoms with Gasteiger partial charge in [-0.15, -0.1) is 0 Å². The zero-order valence-corrected chi connectivity index (χ0v) is 17.1. The number of nitrogens with one attached hydrogen (secondary N) is 1. The van der Waals surface area contributed by atoms with Gasteiger partial charge in [-0.25, -0.2) is 0 Å². The molecule has 0 aromatic heterocycles. The van der Waals surface area contributed by atoms with E-state index in [0.29, 0.717) is 25.7 Å². The summed E-state index contributed by atoms with van der Waals surface area (Å²) >= 11 is 0. The number of rotatable bonds is 9. The van der Waals surface area contributed by atoms with Crippen molar-refractivity contribution in [2.75, 3.05) is 59.0 Å². The highest BCUT2D eigenvalue weighted by atomic mass is 16.5. The maximum absolute atomic E-state index is 10.1. The van der Waals surface area contributed by atoms with Crippen molar-refractivity contribution in [2.24, 2.45) is 16.8 Å². The molecule has 2 unspecified atom stereocenters. The molecule has 0 aromatic carbocycles. The van der Waals surface area contributed by atoms with Crippen molar-refractivity contribution < 1.29 is 9.84 Å². The number of aliphatic hydroxyl groups excluding tert-OH is 1. The maximum atomic E-state index is 10.1. The van der Waals surface area contributed by atoms with E-state index in [0.717, 1.165) is 31.5 Å². The standard InChI is InChI=1S/C20H40N4O2/c1-4-21-20(22-12-19(25)16-26-15-17(2)3)24-11-8-18(14-24)13-23-9-6-5-7-10-23/h17-19,25H,4-16H2,1-3H3,(H,21,22). The van der Waals surface area contributed by atoms with Gasteiger partial charge in [-0.2, -0.15) is 0 Å². The molecule has 0 bridgehead atoms. The van der Waals surface area contributed by atoms with E-state index in [9.17, 15) is 5.11 Å². The van der Waals surface area contributed by atoms with E-state index in [1.54, 1.807) is 0 Å². The highest BCUT2D eigenvalue weighted by Gasteiger charge is 2.27. The summed E-state index contributed by atoms with van der Waals surface area (Å²) in [7, 11) is 0. The molecule has 6 nitrogen and oxygen atoms in total. The number of aliphatic imine (C=N–C) groups is 1. The molecule has 0 saturated carbocycles. The van der Waals surface area contributed by atoms with E-state index in [2.05, 4.69) is 40.9 Å². The van der Waals surface area contributed by atoms with Crippen molar-refractivity contribution in [3.05, 3.63) is 0 Å². The van der Waals surface area contributed by atoms with Gasteiger partial charge in [0.1, 0.15) is 0 Å². The van der Waals surface area contributed by atoms with E-state index in [1.807, 2.05) is 0 Å². The summed E-state index contributed by atoms with van der Waals surface area (Å²) in [6.45, 7) is 14.5. The molecule has 0 spiro atoms. The Morgan fingerprint density at radius 1 is 1.19 bits per heavy atom. The minimum absolute atomic E-state index is 0.360. The second-order valence-corrected chi connectivity index (χ2v) is 8.24. The first kappa shape index (κ1) is 21.5. The van der Waals surface area contributed by atoms with Crippen molar-refractivity contribution in [2.45, 2.75) is 52.6 Å². The number of nitrogens with zero attached hydrogens (tertiary/aromatic N) is 3. The topological polar surface area (TPSA) is 60.3 Å². The van der Waals surface area contributed by atoms with Crippen LogP contribution >= 0.6 is 0 Å². The van der Waals surface area contributed by atoms with Gasteiger partial charge in [0.05, 0.1) is 19.3 Å². The Hall–Kier alpha value is -0.850. The van der Waals surface area contributed by atoms with Crippen LogP contribution in [-0.4, -0.2) is 86.0 Å². The van der Waals surface area contributed by atoms with E-state index in [1.165, 1.54) is 45.3 Å². The van der Waals surface area contributed by atoms with Crippen LogP contribution in [0.25, 0.3) is 0 Å². The molecule has 152 valence electrons. The summed E-state index contributed by atoms with van der Waals surface area (Å²) in [5.41, 5.74) is 0. The molecule has 0 aliphatic carbocycles. The van der Waals surface area contributed by atoms with Gasteiger partial charge in [0.15, 0.2) is 5.96 Å². The molecule has 0 amide bonds. The van der Waals surface area contributed by atoms with E-state index in [-0.39, 0.29) is 0 Å². The molecular formula is C20H40N4O2. The Kier molecular flexibility index (Phi) is 9.72. The molecule has 6 heteroatoms. The van der Waals surface area contributed by atoms with Crippen LogP contribution in [0.1, 0.15) is 46.5 Å². The first-order valence-corrected chi connectivity index (χ1v) is 10.6. The number of aliphatic hydroxyl groups is 1. The third-order valence-corrected chi connectivity index (χ3v) is 5.10. The summed E-state index contributed by atoms with van der Waals surface area (Å²) in [5, 5.41) is 13.5. The van der Waals surface area contributed by atoms with Gasteiger partial charge in [-0.05, 0) is 51.1 Å². The number of ether oxygens (including phenoxy) is 1. The van der Waals surface area contributed by atoms with Crippen LogP contribution in [0.4, 0.5) is 0 Å². The van der Waals surface area contributed by atoms with Crippen LogP contribution in [0, 0.1) is 11.8 Å². The van der Waals surface area contributed by atoms with Gasteiger partial charge in [0, 0.05) is 32.8 Å². The van der Waals surface area contributed by atoms with Crippen LogP contribution < -0.4 is 5.32 Å². The Morgan fingerprint density at radius 2 is 1.96 bits per heavy atom. The quantitative estimate of drug-likeness (QED) is 0.480. The van der Waals surface area contributed by atoms with E-state index in [4.69, 9.17) is 4.74 Å². The Morgan fingerprint density at radius 3 is 2.65 bits per heavy atom. The second-order valence-electron chi connectivity index (χ2n) is 8.24. The summed E-state index contributed by atoms with van der Waals surface area (Å²) in [4.78, 5) is 9.66. The molecule has 0 aromatic rings. The average molecular weight is 369 g/mol. The lowest BCUT2D eigenvalue weighted by atomic mass is 10.1. The monoisotopic (exact) mass is 368 g/mol. The Bertz CT molecular complexity index is 411. The van der Waals surface area contributed by atoms with Crippen molar-refractivity contribution in [1.29, 1.82) is 0 Å².